The minimum atomic E-state index is -1.10. The second-order valence-electron chi connectivity index (χ2n) is 14.1. The van der Waals surface area contributed by atoms with Gasteiger partial charge < -0.3 is 29.3 Å². The van der Waals surface area contributed by atoms with Crippen LogP contribution >= 0.6 is 0 Å². The molecule has 6 atom stereocenters. The second-order valence-corrected chi connectivity index (χ2v) is 14.1. The van der Waals surface area contributed by atoms with Crippen LogP contribution in [0.25, 0.3) is 0 Å². The van der Waals surface area contributed by atoms with Gasteiger partial charge >= 0.3 is 0 Å². The van der Waals surface area contributed by atoms with E-state index in [4.69, 9.17) is 9.47 Å². The third-order valence-electron chi connectivity index (χ3n) is 11.3. The standard InChI is InChI=1S/C38H55N3O6/c1-6-22-39(29-18-20-30(21-19-29)46-8-3)34(43)31-32-35(44)41(24-14-9-10-15-25-42)33(38(32)26-27(4)37(31,5)47-38)36(45)40(23-7-2)28-16-12-11-13-17-28/h6-7,18-21,27-28,31-33,42H,1-2,8-17,22-26H2,3-5H3/t27?,31-,32+,33?,37+,38?/m1/s1. The van der Waals surface area contributed by atoms with Gasteiger partial charge in [0, 0.05) is 38.0 Å². The summed E-state index contributed by atoms with van der Waals surface area (Å²) in [5, 5.41) is 9.29. The molecule has 9 nitrogen and oxygen atoms in total. The zero-order chi connectivity index (χ0) is 33.8. The summed E-state index contributed by atoms with van der Waals surface area (Å²) >= 11 is 0. The van der Waals surface area contributed by atoms with E-state index in [1.54, 1.807) is 22.0 Å². The van der Waals surface area contributed by atoms with Gasteiger partial charge in [0.25, 0.3) is 0 Å². The van der Waals surface area contributed by atoms with Gasteiger partial charge in [-0.05, 0) is 76.1 Å². The molecule has 47 heavy (non-hydrogen) atoms. The Labute approximate surface area is 280 Å². The highest BCUT2D eigenvalue weighted by Gasteiger charge is 2.80. The number of likely N-dealkylation sites (tertiary alicyclic amines) is 1. The lowest BCUT2D eigenvalue weighted by Gasteiger charge is -2.41. The molecular formula is C38H55N3O6. The molecule has 3 unspecified atom stereocenters. The molecule has 0 aromatic heterocycles. The van der Waals surface area contributed by atoms with Gasteiger partial charge in [0.05, 0.1) is 24.0 Å². The van der Waals surface area contributed by atoms with Gasteiger partial charge in [0.2, 0.25) is 17.7 Å². The molecular weight excluding hydrogens is 594 g/mol. The first-order valence-corrected chi connectivity index (χ1v) is 17.9. The topological polar surface area (TPSA) is 99.6 Å². The van der Waals surface area contributed by atoms with Crippen LogP contribution in [0.4, 0.5) is 5.69 Å². The molecule has 3 amide bonds. The summed E-state index contributed by atoms with van der Waals surface area (Å²) in [6.45, 7) is 15.7. The van der Waals surface area contributed by atoms with Crippen molar-refractivity contribution in [3.63, 3.8) is 0 Å². The normalized spacial score (nSPS) is 29.9. The highest BCUT2D eigenvalue weighted by atomic mass is 16.5. The molecule has 1 saturated carbocycles. The van der Waals surface area contributed by atoms with E-state index in [9.17, 15) is 19.5 Å². The monoisotopic (exact) mass is 649 g/mol. The first kappa shape index (κ1) is 35.1. The van der Waals surface area contributed by atoms with Crippen molar-refractivity contribution >= 4 is 23.4 Å². The fourth-order valence-electron chi connectivity index (χ4n) is 9.00. The third kappa shape index (κ3) is 6.38. The summed E-state index contributed by atoms with van der Waals surface area (Å²) < 4.78 is 12.7. The number of benzene rings is 1. The van der Waals surface area contributed by atoms with Gasteiger partial charge in [0.15, 0.2) is 0 Å². The summed E-state index contributed by atoms with van der Waals surface area (Å²) in [7, 11) is 0. The average Bonchev–Trinajstić information content (AvgIpc) is 3.59. The van der Waals surface area contributed by atoms with Crippen LogP contribution in [0, 0.1) is 17.8 Å². The first-order chi connectivity index (χ1) is 22.7. The minimum absolute atomic E-state index is 0.0475. The summed E-state index contributed by atoms with van der Waals surface area (Å²) in [6.07, 6.45) is 12.3. The zero-order valence-electron chi connectivity index (χ0n) is 28.7. The lowest BCUT2D eigenvalue weighted by atomic mass is 9.62. The van der Waals surface area contributed by atoms with Crippen LogP contribution in [0.5, 0.6) is 5.75 Å². The van der Waals surface area contributed by atoms with Crippen molar-refractivity contribution < 1.29 is 29.0 Å². The van der Waals surface area contributed by atoms with Crippen molar-refractivity contribution in [1.82, 2.24) is 9.80 Å². The van der Waals surface area contributed by atoms with Crippen LogP contribution in [0.1, 0.15) is 85.0 Å². The molecule has 0 radical (unpaired) electrons. The van der Waals surface area contributed by atoms with Crippen molar-refractivity contribution in [3.8, 4) is 5.75 Å². The molecule has 4 fully saturated rings. The number of carbonyl (C=O) groups is 3. The maximum Gasteiger partial charge on any atom is 0.248 e. The number of amides is 3. The molecule has 1 aromatic carbocycles. The van der Waals surface area contributed by atoms with Crippen molar-refractivity contribution in [2.75, 3.05) is 37.7 Å². The maximum absolute atomic E-state index is 14.9. The van der Waals surface area contributed by atoms with Crippen LogP contribution in [0.15, 0.2) is 49.6 Å². The molecule has 9 heteroatoms. The molecule has 1 N–H and O–H groups in total. The van der Waals surface area contributed by atoms with E-state index < -0.39 is 29.1 Å². The van der Waals surface area contributed by atoms with E-state index in [0.29, 0.717) is 50.4 Å². The van der Waals surface area contributed by atoms with Gasteiger partial charge in [-0.15, -0.1) is 13.2 Å². The number of carbonyl (C=O) groups excluding carboxylic acids is 3. The van der Waals surface area contributed by atoms with Gasteiger partial charge in [-0.3, -0.25) is 14.4 Å². The van der Waals surface area contributed by atoms with E-state index in [1.165, 1.54) is 6.42 Å². The quantitative estimate of drug-likeness (QED) is 0.187. The summed E-state index contributed by atoms with van der Waals surface area (Å²) in [5.41, 5.74) is -1.32. The van der Waals surface area contributed by atoms with Gasteiger partial charge in [-0.25, -0.2) is 0 Å². The van der Waals surface area contributed by atoms with Crippen LogP contribution in [-0.4, -0.2) is 88.8 Å². The van der Waals surface area contributed by atoms with E-state index in [2.05, 4.69) is 20.1 Å². The number of hydrogen-bond donors (Lipinski definition) is 1. The summed E-state index contributed by atoms with van der Waals surface area (Å²) in [6, 6.07) is 6.71. The first-order valence-electron chi connectivity index (χ1n) is 17.9. The number of rotatable bonds is 16. The highest BCUT2D eigenvalue weighted by Crippen LogP contribution is 2.65. The van der Waals surface area contributed by atoms with Crippen molar-refractivity contribution in [1.29, 1.82) is 0 Å². The zero-order valence-corrected chi connectivity index (χ0v) is 28.7. The Balaban J connectivity index is 1.54. The number of hydrogen-bond acceptors (Lipinski definition) is 6. The van der Waals surface area contributed by atoms with Crippen LogP contribution < -0.4 is 9.64 Å². The minimum Gasteiger partial charge on any atom is -0.494 e. The van der Waals surface area contributed by atoms with E-state index in [-0.39, 0.29) is 42.8 Å². The van der Waals surface area contributed by atoms with Crippen LogP contribution in [0.2, 0.25) is 0 Å². The number of aliphatic hydroxyl groups excluding tert-OH is 1. The Morgan fingerprint density at radius 2 is 1.72 bits per heavy atom. The van der Waals surface area contributed by atoms with Gasteiger partial charge in [-0.1, -0.05) is 51.2 Å². The molecule has 1 spiro atoms. The molecule has 3 saturated heterocycles. The van der Waals surface area contributed by atoms with Crippen molar-refractivity contribution in [2.45, 2.75) is 108 Å². The summed E-state index contributed by atoms with van der Waals surface area (Å²) in [4.78, 5) is 49.9. The third-order valence-corrected chi connectivity index (χ3v) is 11.3. The average molecular weight is 650 g/mol. The number of anilines is 1. The molecule has 3 heterocycles. The largest absolute Gasteiger partial charge is 0.494 e. The second kappa shape index (κ2) is 14.9. The highest BCUT2D eigenvalue weighted by molar-refractivity contribution is 6.03. The molecule has 5 rings (SSSR count). The van der Waals surface area contributed by atoms with E-state index in [0.717, 1.165) is 38.5 Å². The van der Waals surface area contributed by atoms with E-state index in [1.807, 2.05) is 43.0 Å². The van der Waals surface area contributed by atoms with Crippen molar-refractivity contribution in [3.05, 3.63) is 49.6 Å². The summed E-state index contributed by atoms with van der Waals surface area (Å²) in [5.74, 6) is -1.29. The molecule has 4 aliphatic rings. The van der Waals surface area contributed by atoms with Gasteiger partial charge in [0.1, 0.15) is 17.4 Å². The molecule has 2 bridgehead atoms. The molecule has 3 aliphatic heterocycles. The predicted octanol–water partition coefficient (Wildman–Crippen LogP) is 5.52. The lowest BCUT2D eigenvalue weighted by Crippen LogP contribution is -2.58. The predicted molar refractivity (Wildman–Crippen MR) is 183 cm³/mol. The Morgan fingerprint density at radius 3 is 2.36 bits per heavy atom. The lowest BCUT2D eigenvalue weighted by molar-refractivity contribution is -0.154. The van der Waals surface area contributed by atoms with Crippen molar-refractivity contribution in [2.24, 2.45) is 17.8 Å². The molecule has 1 aliphatic carbocycles. The van der Waals surface area contributed by atoms with Crippen LogP contribution in [-0.2, 0) is 19.1 Å². The molecule has 1 aromatic rings. The fraction of sp³-hybridized carbons (Fsp3) is 0.658. The Bertz CT molecular complexity index is 1290. The Morgan fingerprint density at radius 1 is 1.04 bits per heavy atom. The SMILES string of the molecule is C=CCN(C(=O)[C@H]1[C@H]2C(=O)N(CCCCCCO)C(C(=O)N(CC=C)C3CCCCC3)C23CC(C)[C@]1(C)O3)c1ccc(OCC)cc1. The Hall–Kier alpha value is -3.17. The number of aliphatic hydroxyl groups is 1. The maximum atomic E-state index is 14.9. The molecule has 258 valence electrons. The number of nitrogens with zero attached hydrogens (tertiary/aromatic N) is 3. The Kier molecular flexibility index (Phi) is 11.2. The number of ether oxygens (including phenoxy) is 2. The van der Waals surface area contributed by atoms with Crippen LogP contribution in [0.3, 0.4) is 0 Å². The van der Waals surface area contributed by atoms with E-state index >= 15 is 0 Å². The smallest absolute Gasteiger partial charge is 0.248 e. The number of unbranched alkanes of at least 4 members (excludes halogenated alkanes) is 3. The number of fused-ring (bicyclic) bond motifs is 1. The fourth-order valence-corrected chi connectivity index (χ4v) is 9.00. The van der Waals surface area contributed by atoms with Gasteiger partial charge in [-0.2, -0.15) is 0 Å².